The largest absolute Gasteiger partial charge is 0.497 e. The van der Waals surface area contributed by atoms with Crippen LogP contribution in [0.2, 0.25) is 0 Å². The molecule has 2 amide bonds. The molecule has 3 rings (SSSR count). The van der Waals surface area contributed by atoms with Crippen LogP contribution in [0.4, 0.5) is 5.69 Å². The number of hydrogen-bond donors (Lipinski definition) is 1. The average molecular weight is 449 g/mol. The Kier molecular flexibility index (Phi) is 8.02. The van der Waals surface area contributed by atoms with Gasteiger partial charge in [0.05, 0.1) is 31.9 Å². The zero-order valence-electron chi connectivity index (χ0n) is 16.0. The van der Waals surface area contributed by atoms with Gasteiger partial charge < -0.3 is 14.8 Å². The predicted octanol–water partition coefficient (Wildman–Crippen LogP) is 3.14. The Labute approximate surface area is 175 Å². The summed E-state index contributed by atoms with van der Waals surface area (Å²) in [7, 11) is 1.63. The fourth-order valence-electron chi connectivity index (χ4n) is 3.10. The van der Waals surface area contributed by atoms with E-state index in [-0.39, 0.29) is 35.2 Å². The second-order valence-corrected chi connectivity index (χ2v) is 6.30. The van der Waals surface area contributed by atoms with Gasteiger partial charge in [-0.3, -0.25) is 9.59 Å². The van der Waals surface area contributed by atoms with Crippen molar-refractivity contribution in [1.29, 1.82) is 0 Å². The van der Waals surface area contributed by atoms with Gasteiger partial charge in [0.2, 0.25) is 5.91 Å². The van der Waals surface area contributed by atoms with E-state index in [4.69, 9.17) is 9.47 Å². The molecule has 0 aromatic heterocycles. The zero-order valence-corrected chi connectivity index (χ0v) is 17.7. The fraction of sp³-hybridized carbons (Fsp3) is 0.333. The number of rotatable bonds is 8. The Morgan fingerprint density at radius 3 is 2.29 bits per heavy atom. The Morgan fingerprint density at radius 2 is 1.68 bits per heavy atom. The number of imide groups is 1. The molecule has 0 spiro atoms. The Morgan fingerprint density at radius 1 is 1.04 bits per heavy atom. The van der Waals surface area contributed by atoms with Crippen LogP contribution < -0.4 is 19.7 Å². The Balaban J connectivity index is 0.00000280. The second-order valence-electron chi connectivity index (χ2n) is 6.30. The van der Waals surface area contributed by atoms with Gasteiger partial charge in [-0.25, -0.2) is 4.90 Å². The molecule has 28 heavy (non-hydrogen) atoms. The van der Waals surface area contributed by atoms with Crippen LogP contribution in [-0.4, -0.2) is 38.1 Å². The maximum atomic E-state index is 12.6. The third-order valence-corrected chi connectivity index (χ3v) is 4.52. The number of ether oxygens (including phenoxy) is 2. The van der Waals surface area contributed by atoms with E-state index in [1.807, 2.05) is 31.2 Å². The summed E-state index contributed by atoms with van der Waals surface area (Å²) in [4.78, 5) is 26.2. The summed E-state index contributed by atoms with van der Waals surface area (Å²) in [6.07, 6.45) is 0.944. The van der Waals surface area contributed by atoms with Crippen molar-refractivity contribution in [3.8, 4) is 11.5 Å². The first-order valence-corrected chi connectivity index (χ1v) is 9.08. The molecule has 2 aromatic carbocycles. The summed E-state index contributed by atoms with van der Waals surface area (Å²) in [5.41, 5.74) is 1.72. The molecule has 1 unspecified atom stereocenters. The molecular weight excluding hydrogens is 424 g/mol. The van der Waals surface area contributed by atoms with Gasteiger partial charge in [-0.2, -0.15) is 0 Å². The highest BCUT2D eigenvalue weighted by Gasteiger charge is 2.39. The van der Waals surface area contributed by atoms with Crippen LogP contribution in [-0.2, 0) is 16.0 Å². The number of halogens is 1. The van der Waals surface area contributed by atoms with Crippen molar-refractivity contribution in [3.05, 3.63) is 54.1 Å². The molecule has 7 heteroatoms. The van der Waals surface area contributed by atoms with Crippen molar-refractivity contribution in [2.24, 2.45) is 0 Å². The lowest BCUT2D eigenvalue weighted by molar-refractivity contribution is -0.121. The lowest BCUT2D eigenvalue weighted by atomic mass is 10.1. The number of benzene rings is 2. The van der Waals surface area contributed by atoms with Gasteiger partial charge in [-0.05, 0) is 61.9 Å². The lowest BCUT2D eigenvalue weighted by Crippen LogP contribution is -2.39. The van der Waals surface area contributed by atoms with Crippen molar-refractivity contribution < 1.29 is 19.1 Å². The smallest absolute Gasteiger partial charge is 0.251 e. The summed E-state index contributed by atoms with van der Waals surface area (Å²) < 4.78 is 10.5. The normalized spacial score (nSPS) is 16.1. The van der Waals surface area contributed by atoms with Gasteiger partial charge >= 0.3 is 0 Å². The van der Waals surface area contributed by atoms with Crippen molar-refractivity contribution in [2.45, 2.75) is 25.8 Å². The molecule has 1 fully saturated rings. The number of carbonyl (C=O) groups is 2. The second kappa shape index (κ2) is 10.2. The van der Waals surface area contributed by atoms with E-state index in [0.29, 0.717) is 18.8 Å². The molecular formula is C21H25BrN2O4. The van der Waals surface area contributed by atoms with Crippen molar-refractivity contribution in [2.75, 3.05) is 25.2 Å². The quantitative estimate of drug-likeness (QED) is 0.628. The topological polar surface area (TPSA) is 67.9 Å². The highest BCUT2D eigenvalue weighted by atomic mass is 79.9. The minimum Gasteiger partial charge on any atom is -0.497 e. The Hall–Kier alpha value is -2.38. The molecule has 0 aliphatic carbocycles. The van der Waals surface area contributed by atoms with Crippen molar-refractivity contribution >= 4 is 34.5 Å². The monoisotopic (exact) mass is 448 g/mol. The zero-order chi connectivity index (χ0) is 19.2. The van der Waals surface area contributed by atoms with E-state index in [9.17, 15) is 9.59 Å². The van der Waals surface area contributed by atoms with Crippen molar-refractivity contribution in [3.63, 3.8) is 0 Å². The summed E-state index contributed by atoms with van der Waals surface area (Å²) in [6, 6.07) is 14.3. The van der Waals surface area contributed by atoms with Crippen molar-refractivity contribution in [1.82, 2.24) is 5.32 Å². The number of methoxy groups -OCH3 is 1. The number of carbonyl (C=O) groups excluding carboxylic acids is 2. The van der Waals surface area contributed by atoms with Gasteiger partial charge in [0.15, 0.2) is 0 Å². The minimum atomic E-state index is -0.484. The number of hydrogen-bond acceptors (Lipinski definition) is 5. The van der Waals surface area contributed by atoms with Gasteiger partial charge in [0.1, 0.15) is 11.5 Å². The van der Waals surface area contributed by atoms with E-state index in [1.165, 1.54) is 4.90 Å². The SMILES string of the molecule is Br.CCOc1ccc(N2C(=O)CC(NCCc3ccc(OC)cc3)C2=O)cc1. The van der Waals surface area contributed by atoms with Gasteiger partial charge in [-0.1, -0.05) is 12.1 Å². The number of amides is 2. The molecule has 0 radical (unpaired) electrons. The van der Waals surface area contributed by atoms with Crippen LogP contribution in [0.25, 0.3) is 0 Å². The summed E-state index contributed by atoms with van der Waals surface area (Å²) in [5, 5.41) is 3.20. The minimum absolute atomic E-state index is 0. The summed E-state index contributed by atoms with van der Waals surface area (Å²) in [5.74, 6) is 1.13. The Bertz CT molecular complexity index is 793. The molecule has 1 saturated heterocycles. The highest BCUT2D eigenvalue weighted by Crippen LogP contribution is 2.25. The number of nitrogens with one attached hydrogen (secondary N) is 1. The fourth-order valence-corrected chi connectivity index (χ4v) is 3.10. The van der Waals surface area contributed by atoms with E-state index in [0.717, 1.165) is 23.5 Å². The highest BCUT2D eigenvalue weighted by molar-refractivity contribution is 8.93. The molecule has 6 nitrogen and oxygen atoms in total. The third kappa shape index (κ3) is 5.11. The lowest BCUT2D eigenvalue weighted by Gasteiger charge is -2.16. The van der Waals surface area contributed by atoms with Crippen LogP contribution in [0.1, 0.15) is 18.9 Å². The van der Waals surface area contributed by atoms with Gasteiger partial charge in [0.25, 0.3) is 5.91 Å². The maximum Gasteiger partial charge on any atom is 0.251 e. The first-order valence-electron chi connectivity index (χ1n) is 9.08. The van der Waals surface area contributed by atoms with E-state index >= 15 is 0 Å². The molecule has 150 valence electrons. The van der Waals surface area contributed by atoms with E-state index in [1.54, 1.807) is 31.4 Å². The van der Waals surface area contributed by atoms with Crippen LogP contribution >= 0.6 is 17.0 Å². The molecule has 2 aromatic rings. The first-order chi connectivity index (χ1) is 13.1. The van der Waals surface area contributed by atoms with Gasteiger partial charge in [-0.15, -0.1) is 17.0 Å². The van der Waals surface area contributed by atoms with Crippen LogP contribution in [0, 0.1) is 0 Å². The molecule has 0 bridgehead atoms. The summed E-state index contributed by atoms with van der Waals surface area (Å²) >= 11 is 0. The maximum absolute atomic E-state index is 12.6. The molecule has 1 heterocycles. The summed E-state index contributed by atoms with van der Waals surface area (Å²) in [6.45, 7) is 3.10. The van der Waals surface area contributed by atoms with Gasteiger partial charge in [0, 0.05) is 0 Å². The number of nitrogens with zero attached hydrogens (tertiary/aromatic N) is 1. The van der Waals surface area contributed by atoms with Crippen LogP contribution in [0.15, 0.2) is 48.5 Å². The van der Waals surface area contributed by atoms with Crippen LogP contribution in [0.5, 0.6) is 11.5 Å². The average Bonchev–Trinajstić information content (AvgIpc) is 2.97. The number of anilines is 1. The molecule has 1 N–H and O–H groups in total. The van der Waals surface area contributed by atoms with E-state index in [2.05, 4.69) is 5.32 Å². The van der Waals surface area contributed by atoms with Crippen LogP contribution in [0.3, 0.4) is 0 Å². The first kappa shape index (κ1) is 21.9. The third-order valence-electron chi connectivity index (χ3n) is 4.52. The molecule has 1 aliphatic heterocycles. The standard InChI is InChI=1S/C21H24N2O4.BrH/c1-3-27-18-10-6-16(7-11-18)23-20(24)14-19(21(23)25)22-13-12-15-4-8-17(26-2)9-5-15;/h4-11,19,22H,3,12-14H2,1-2H3;1H. The predicted molar refractivity (Wildman–Crippen MR) is 114 cm³/mol. The molecule has 0 saturated carbocycles. The van der Waals surface area contributed by atoms with E-state index < -0.39 is 6.04 Å². The molecule has 1 aliphatic rings. The molecule has 1 atom stereocenters.